The van der Waals surface area contributed by atoms with E-state index in [1.165, 1.54) is 0 Å². The van der Waals surface area contributed by atoms with E-state index < -0.39 is 30.8 Å². The monoisotopic (exact) mass is 386 g/mol. The molecule has 2 aromatic carbocycles. The second kappa shape index (κ2) is 8.30. The number of hydrogen-bond donors (Lipinski definition) is 2. The van der Waals surface area contributed by atoms with Crippen molar-refractivity contribution < 1.29 is 34.1 Å². The Labute approximate surface area is 160 Å². The number of carbonyl (C=O) groups is 3. The van der Waals surface area contributed by atoms with Gasteiger partial charge in [0.1, 0.15) is 0 Å². The maximum Gasteiger partial charge on any atom is 0.507 e. The fourth-order valence-electron chi connectivity index (χ4n) is 3.02. The summed E-state index contributed by atoms with van der Waals surface area (Å²) in [7, 11) is 0. The zero-order valence-electron chi connectivity index (χ0n) is 14.7. The van der Waals surface area contributed by atoms with Crippen molar-refractivity contribution in [3.05, 3.63) is 71.8 Å². The molecule has 0 radical (unpaired) electrons. The van der Waals surface area contributed by atoms with Crippen LogP contribution in [-0.4, -0.2) is 50.8 Å². The molecule has 0 aromatic heterocycles. The summed E-state index contributed by atoms with van der Waals surface area (Å²) >= 11 is 0. The van der Waals surface area contributed by atoms with E-state index in [0.717, 1.165) is 20.9 Å². The normalized spacial score (nSPS) is 18.8. The topological polar surface area (TPSA) is 117 Å². The van der Waals surface area contributed by atoms with Crippen molar-refractivity contribution >= 4 is 18.3 Å². The van der Waals surface area contributed by atoms with Crippen molar-refractivity contribution in [2.75, 3.05) is 0 Å². The molecule has 9 nitrogen and oxygen atoms in total. The van der Waals surface area contributed by atoms with Crippen LogP contribution < -0.4 is 0 Å². The maximum absolute atomic E-state index is 13.0. The summed E-state index contributed by atoms with van der Waals surface area (Å²) < 4.78 is 9.68. The standard InChI is InChI=1S/C19H18N2O7/c22-17-20(11-13-7-3-1-4-8-13)15(27-18(23)24)16(28-19(25)26)21(17)12-14-9-5-2-6-10-14/h1-10,15-16H,11-12H2,(H,23,24)(H,25,26). The van der Waals surface area contributed by atoms with E-state index in [0.29, 0.717) is 0 Å². The molecule has 2 atom stereocenters. The largest absolute Gasteiger partial charge is 0.507 e. The van der Waals surface area contributed by atoms with Crippen molar-refractivity contribution in [2.45, 2.75) is 25.5 Å². The number of rotatable bonds is 6. The minimum atomic E-state index is -1.64. The number of benzene rings is 2. The molecule has 2 unspecified atom stereocenters. The molecule has 1 aliphatic heterocycles. The van der Waals surface area contributed by atoms with Gasteiger partial charge in [0.05, 0.1) is 13.1 Å². The first-order valence-electron chi connectivity index (χ1n) is 8.40. The summed E-state index contributed by atoms with van der Waals surface area (Å²) in [6.07, 6.45) is -6.16. The SMILES string of the molecule is O=C(O)OC1C(OC(=O)O)N(Cc2ccccc2)C(=O)N1Cc1ccccc1. The number of ether oxygens (including phenoxy) is 2. The predicted octanol–water partition coefficient (Wildman–Crippen LogP) is 3.17. The number of carboxylic acid groups (broad SMARTS) is 2. The number of urea groups is 1. The number of hydrogen-bond acceptors (Lipinski definition) is 5. The van der Waals surface area contributed by atoms with Crippen LogP contribution in [0.15, 0.2) is 60.7 Å². The van der Waals surface area contributed by atoms with Crippen LogP contribution in [-0.2, 0) is 22.6 Å². The lowest BCUT2D eigenvalue weighted by Crippen LogP contribution is -2.43. The van der Waals surface area contributed by atoms with Gasteiger partial charge in [0, 0.05) is 0 Å². The van der Waals surface area contributed by atoms with Crippen LogP contribution in [0.25, 0.3) is 0 Å². The highest BCUT2D eigenvalue weighted by Crippen LogP contribution is 2.29. The van der Waals surface area contributed by atoms with Crippen LogP contribution in [0.5, 0.6) is 0 Å². The van der Waals surface area contributed by atoms with Crippen LogP contribution in [0.1, 0.15) is 11.1 Å². The Kier molecular flexibility index (Phi) is 5.64. The Balaban J connectivity index is 1.93. The number of carbonyl (C=O) groups excluding carboxylic acids is 1. The maximum atomic E-state index is 13.0. The van der Waals surface area contributed by atoms with E-state index in [2.05, 4.69) is 0 Å². The number of amides is 2. The molecule has 3 rings (SSSR count). The molecule has 1 heterocycles. The summed E-state index contributed by atoms with van der Waals surface area (Å²) in [6.45, 7) is 0.0603. The molecule has 146 valence electrons. The molecular weight excluding hydrogens is 368 g/mol. The van der Waals surface area contributed by atoms with Gasteiger partial charge >= 0.3 is 18.3 Å². The van der Waals surface area contributed by atoms with Gasteiger partial charge in [-0.15, -0.1) is 0 Å². The third kappa shape index (κ3) is 4.32. The Morgan fingerprint density at radius 2 is 1.11 bits per heavy atom. The highest BCUT2D eigenvalue weighted by Gasteiger charge is 2.50. The van der Waals surface area contributed by atoms with E-state index in [9.17, 15) is 14.4 Å². The lowest BCUT2D eigenvalue weighted by atomic mass is 10.2. The minimum Gasteiger partial charge on any atom is -0.450 e. The molecular formula is C19H18N2O7. The van der Waals surface area contributed by atoms with Crippen LogP contribution in [0.2, 0.25) is 0 Å². The van der Waals surface area contributed by atoms with Gasteiger partial charge < -0.3 is 19.7 Å². The molecule has 1 fully saturated rings. The summed E-state index contributed by atoms with van der Waals surface area (Å²) in [5.41, 5.74) is 1.45. The first-order valence-corrected chi connectivity index (χ1v) is 8.40. The van der Waals surface area contributed by atoms with E-state index in [4.69, 9.17) is 19.7 Å². The van der Waals surface area contributed by atoms with Gasteiger partial charge in [-0.05, 0) is 11.1 Å². The molecule has 2 amide bonds. The predicted molar refractivity (Wildman–Crippen MR) is 95.2 cm³/mol. The van der Waals surface area contributed by atoms with E-state index in [-0.39, 0.29) is 13.1 Å². The molecule has 9 heteroatoms. The van der Waals surface area contributed by atoms with Gasteiger partial charge in [-0.25, -0.2) is 14.4 Å². The van der Waals surface area contributed by atoms with Crippen molar-refractivity contribution in [1.29, 1.82) is 0 Å². The summed E-state index contributed by atoms with van der Waals surface area (Å²) in [5, 5.41) is 18.2. The lowest BCUT2D eigenvalue weighted by Gasteiger charge is -2.25. The van der Waals surface area contributed by atoms with Gasteiger partial charge in [-0.1, -0.05) is 60.7 Å². The van der Waals surface area contributed by atoms with Crippen LogP contribution in [0.3, 0.4) is 0 Å². The van der Waals surface area contributed by atoms with Gasteiger partial charge in [-0.2, -0.15) is 0 Å². The lowest BCUT2D eigenvalue weighted by molar-refractivity contribution is -0.102. The van der Waals surface area contributed by atoms with Gasteiger partial charge in [-0.3, -0.25) is 9.80 Å². The summed E-state index contributed by atoms with van der Waals surface area (Å²) in [4.78, 5) is 37.6. The Bertz CT molecular complexity index is 774. The Morgan fingerprint density at radius 1 is 0.750 bits per heavy atom. The molecule has 2 aromatic rings. The molecule has 1 saturated heterocycles. The average molecular weight is 386 g/mol. The zero-order chi connectivity index (χ0) is 20.1. The minimum absolute atomic E-state index is 0.0301. The van der Waals surface area contributed by atoms with E-state index in [1.54, 1.807) is 60.7 Å². The fraction of sp³-hybridized carbons (Fsp3) is 0.211. The number of nitrogens with zero attached hydrogens (tertiary/aromatic N) is 2. The molecule has 0 aliphatic carbocycles. The first kappa shape index (κ1) is 19.0. The van der Waals surface area contributed by atoms with Crippen LogP contribution in [0.4, 0.5) is 14.4 Å². The quantitative estimate of drug-likeness (QED) is 0.732. The molecule has 1 aliphatic rings. The Morgan fingerprint density at radius 3 is 1.43 bits per heavy atom. The zero-order valence-corrected chi connectivity index (χ0v) is 14.7. The Hall–Kier alpha value is -3.75. The fourth-order valence-corrected chi connectivity index (χ4v) is 3.02. The van der Waals surface area contributed by atoms with E-state index >= 15 is 0 Å². The van der Waals surface area contributed by atoms with Crippen molar-refractivity contribution in [1.82, 2.24) is 9.80 Å². The van der Waals surface area contributed by atoms with Crippen molar-refractivity contribution in [3.8, 4) is 0 Å². The van der Waals surface area contributed by atoms with Crippen LogP contribution >= 0.6 is 0 Å². The second-order valence-corrected chi connectivity index (χ2v) is 6.06. The smallest absolute Gasteiger partial charge is 0.450 e. The second-order valence-electron chi connectivity index (χ2n) is 6.06. The molecule has 0 spiro atoms. The van der Waals surface area contributed by atoms with Crippen molar-refractivity contribution in [2.24, 2.45) is 0 Å². The molecule has 28 heavy (non-hydrogen) atoms. The van der Waals surface area contributed by atoms with Gasteiger partial charge in [0.2, 0.25) is 12.5 Å². The summed E-state index contributed by atoms with van der Waals surface area (Å²) in [5.74, 6) is 0. The van der Waals surface area contributed by atoms with Gasteiger partial charge in [0.25, 0.3) is 0 Å². The van der Waals surface area contributed by atoms with Crippen LogP contribution in [0, 0.1) is 0 Å². The van der Waals surface area contributed by atoms with E-state index in [1.807, 2.05) is 0 Å². The molecule has 0 saturated carbocycles. The average Bonchev–Trinajstić information content (AvgIpc) is 2.88. The van der Waals surface area contributed by atoms with Gasteiger partial charge in [0.15, 0.2) is 0 Å². The highest BCUT2D eigenvalue weighted by molar-refractivity contribution is 5.78. The molecule has 0 bridgehead atoms. The third-order valence-corrected chi connectivity index (χ3v) is 4.18. The highest BCUT2D eigenvalue weighted by atomic mass is 16.7. The first-order chi connectivity index (χ1) is 13.5. The third-order valence-electron chi connectivity index (χ3n) is 4.18. The molecule has 2 N–H and O–H groups in total. The van der Waals surface area contributed by atoms with Crippen molar-refractivity contribution in [3.63, 3.8) is 0 Å². The summed E-state index contributed by atoms with van der Waals surface area (Å²) in [6, 6.07) is 17.2.